The number of anilines is 1. The Hall–Kier alpha value is -2.98. The first-order valence-electron chi connectivity index (χ1n) is 15.1. The molecule has 2 bridgehead atoms. The Morgan fingerprint density at radius 2 is 1.83 bits per heavy atom. The number of hydrogen-bond acceptors (Lipinski definition) is 6. The van der Waals surface area contributed by atoms with Gasteiger partial charge in [0, 0.05) is 31.7 Å². The normalized spacial score (nSPS) is 30.7. The van der Waals surface area contributed by atoms with Gasteiger partial charge in [-0.1, -0.05) is 51.1 Å². The zero-order chi connectivity index (χ0) is 30.3. The Morgan fingerprint density at radius 3 is 2.43 bits per heavy atom. The van der Waals surface area contributed by atoms with Gasteiger partial charge in [0.2, 0.25) is 5.91 Å². The van der Waals surface area contributed by atoms with Crippen LogP contribution in [0.3, 0.4) is 0 Å². The van der Waals surface area contributed by atoms with E-state index in [2.05, 4.69) is 31.4 Å². The molecule has 1 saturated heterocycles. The monoisotopic (exact) mass is 578 g/mol. The average molecular weight is 579 g/mol. The van der Waals surface area contributed by atoms with E-state index in [0.29, 0.717) is 35.4 Å². The zero-order valence-corrected chi connectivity index (χ0v) is 25.6. The Balaban J connectivity index is 1.32. The summed E-state index contributed by atoms with van der Waals surface area (Å²) < 4.78 is 0. The number of nitrogens with one attached hydrogen (secondary N) is 2. The van der Waals surface area contributed by atoms with Crippen LogP contribution in [0.5, 0.6) is 0 Å². The van der Waals surface area contributed by atoms with Crippen molar-refractivity contribution in [2.45, 2.75) is 71.4 Å². The van der Waals surface area contributed by atoms with Crippen LogP contribution < -0.4 is 10.6 Å². The highest BCUT2D eigenvalue weighted by atomic mass is 16.7. The van der Waals surface area contributed by atoms with Gasteiger partial charge < -0.3 is 25.7 Å². The van der Waals surface area contributed by atoms with E-state index in [1.54, 1.807) is 26.1 Å². The maximum absolute atomic E-state index is 13.9. The number of nitrogens with zero attached hydrogens (tertiary/aromatic N) is 2. The van der Waals surface area contributed by atoms with Crippen LogP contribution in [-0.2, 0) is 16.2 Å². The van der Waals surface area contributed by atoms with Crippen molar-refractivity contribution in [3.05, 3.63) is 54.1 Å². The predicted molar refractivity (Wildman–Crippen MR) is 162 cm³/mol. The number of urea groups is 1. The maximum atomic E-state index is 13.9. The molecule has 2 aromatic rings. The van der Waals surface area contributed by atoms with Gasteiger partial charge in [-0.15, -0.1) is 0 Å². The number of fused-ring (bicyclic) bond motifs is 2. The number of benzene rings is 2. The quantitative estimate of drug-likeness (QED) is 0.375. The fourth-order valence-electron chi connectivity index (χ4n) is 7.49. The molecule has 6 rings (SSSR count). The van der Waals surface area contributed by atoms with E-state index in [0.717, 1.165) is 23.1 Å². The minimum atomic E-state index is -0.836. The molecule has 3 saturated carbocycles. The SMILES string of the molecule is C[C@H](O)[C@@H]1C(CO)ON(Cc2cccc(-c3ccc(NC(=O)N(C)C)cc3)c2)[C@@H]1C(=O)N[C@H]1C[C@@H]2CC([C@H]1C)C2(C)C. The molecule has 228 valence electrons. The van der Waals surface area contributed by atoms with Crippen LogP contribution in [0.15, 0.2) is 48.5 Å². The van der Waals surface area contributed by atoms with Crippen LogP contribution in [0, 0.1) is 29.1 Å². The number of hydroxylamine groups is 2. The highest BCUT2D eigenvalue weighted by Crippen LogP contribution is 2.61. The van der Waals surface area contributed by atoms with Gasteiger partial charge in [0.1, 0.15) is 12.1 Å². The number of hydrogen-bond donors (Lipinski definition) is 4. The van der Waals surface area contributed by atoms with Crippen molar-refractivity contribution in [2.24, 2.45) is 29.1 Å². The fraction of sp³-hybridized carbons (Fsp3) is 0.576. The summed E-state index contributed by atoms with van der Waals surface area (Å²) in [6.45, 7) is 8.62. The molecule has 0 spiro atoms. The number of rotatable bonds is 8. The van der Waals surface area contributed by atoms with Crippen LogP contribution in [0.2, 0.25) is 0 Å². The fourth-order valence-corrected chi connectivity index (χ4v) is 7.49. The third-order valence-corrected chi connectivity index (χ3v) is 10.2. The Morgan fingerprint density at radius 1 is 1.12 bits per heavy atom. The molecule has 9 heteroatoms. The number of carbonyl (C=O) groups is 2. The molecular formula is C33H46N4O5. The lowest BCUT2D eigenvalue weighted by molar-refractivity contribution is -0.183. The molecule has 2 unspecified atom stereocenters. The second-order valence-corrected chi connectivity index (χ2v) is 13.3. The molecule has 42 heavy (non-hydrogen) atoms. The summed E-state index contributed by atoms with van der Waals surface area (Å²) in [7, 11) is 3.39. The Bertz CT molecular complexity index is 1280. The largest absolute Gasteiger partial charge is 0.394 e. The van der Waals surface area contributed by atoms with Crippen LogP contribution in [-0.4, -0.2) is 77.1 Å². The van der Waals surface area contributed by atoms with Crippen LogP contribution in [0.25, 0.3) is 11.1 Å². The van der Waals surface area contributed by atoms with E-state index in [1.807, 2.05) is 48.5 Å². The molecule has 9 nitrogen and oxygen atoms in total. The second kappa shape index (κ2) is 12.0. The molecule has 4 fully saturated rings. The smallest absolute Gasteiger partial charge is 0.321 e. The van der Waals surface area contributed by atoms with Crippen molar-refractivity contribution < 1.29 is 24.6 Å². The summed E-state index contributed by atoms with van der Waals surface area (Å²) in [5.74, 6) is 0.866. The second-order valence-electron chi connectivity index (χ2n) is 13.3. The van der Waals surface area contributed by atoms with E-state index in [-0.39, 0.29) is 24.6 Å². The lowest BCUT2D eigenvalue weighted by atomic mass is 9.45. The third-order valence-electron chi connectivity index (χ3n) is 10.2. The van der Waals surface area contributed by atoms with Gasteiger partial charge in [0.25, 0.3) is 0 Å². The Labute approximate surface area is 249 Å². The summed E-state index contributed by atoms with van der Waals surface area (Å²) in [5.41, 5.74) is 3.94. The molecular weight excluding hydrogens is 532 g/mol. The number of carbonyl (C=O) groups excluding carboxylic acids is 2. The standard InChI is InChI=1S/C33H46N4O5/c1-19-26-15-24(33(26,3)4)16-27(19)35-31(40)30-29(20(2)39)28(18-38)42-37(30)17-21-8-7-9-23(14-21)22-10-12-25(13-11-22)34-32(41)36(5)6/h7-14,19-20,24,26-30,38-39H,15-18H2,1-6H3,(H,34,41)(H,35,40)/t19-,20+,24+,26?,27+,28?,29-,30+/m1/s1. The van der Waals surface area contributed by atoms with Crippen LogP contribution in [0.4, 0.5) is 10.5 Å². The van der Waals surface area contributed by atoms with E-state index in [4.69, 9.17) is 4.84 Å². The van der Waals surface area contributed by atoms with Crippen molar-refractivity contribution >= 4 is 17.6 Å². The van der Waals surface area contributed by atoms with E-state index < -0.39 is 24.2 Å². The molecule has 3 amide bonds. The third kappa shape index (κ3) is 5.80. The summed E-state index contributed by atoms with van der Waals surface area (Å²) in [6.07, 6.45) is 0.681. The van der Waals surface area contributed by atoms with E-state index >= 15 is 0 Å². The van der Waals surface area contributed by atoms with Crippen molar-refractivity contribution in [3.63, 3.8) is 0 Å². The van der Waals surface area contributed by atoms with Gasteiger partial charge in [0.15, 0.2) is 0 Å². The molecule has 1 heterocycles. The Kier molecular flexibility index (Phi) is 8.67. The van der Waals surface area contributed by atoms with Crippen molar-refractivity contribution in [1.82, 2.24) is 15.3 Å². The number of amides is 3. The minimum absolute atomic E-state index is 0.0905. The molecule has 1 aliphatic heterocycles. The molecule has 0 aromatic heterocycles. The highest BCUT2D eigenvalue weighted by molar-refractivity contribution is 5.89. The maximum Gasteiger partial charge on any atom is 0.321 e. The van der Waals surface area contributed by atoms with Crippen LogP contribution in [0.1, 0.15) is 46.1 Å². The average Bonchev–Trinajstić information content (AvgIpc) is 3.32. The highest BCUT2D eigenvalue weighted by Gasteiger charge is 2.57. The number of aliphatic hydroxyl groups excluding tert-OH is 2. The van der Waals surface area contributed by atoms with E-state index in [1.165, 1.54) is 11.3 Å². The molecule has 2 aromatic carbocycles. The predicted octanol–water partition coefficient (Wildman–Crippen LogP) is 4.11. The molecule has 4 N–H and O–H groups in total. The summed E-state index contributed by atoms with van der Waals surface area (Å²) in [5, 5.41) is 28.6. The minimum Gasteiger partial charge on any atom is -0.394 e. The molecule has 4 aliphatic rings. The molecule has 0 radical (unpaired) electrons. The molecule has 8 atom stereocenters. The van der Waals surface area contributed by atoms with Gasteiger partial charge in [-0.05, 0) is 77.8 Å². The van der Waals surface area contributed by atoms with Gasteiger partial charge in [-0.25, -0.2) is 4.79 Å². The molecule has 3 aliphatic carbocycles. The summed E-state index contributed by atoms with van der Waals surface area (Å²) in [6, 6.07) is 14.8. The van der Waals surface area contributed by atoms with Crippen LogP contribution >= 0.6 is 0 Å². The lowest BCUT2D eigenvalue weighted by Gasteiger charge is -2.62. The summed E-state index contributed by atoms with van der Waals surface area (Å²) in [4.78, 5) is 33.5. The van der Waals surface area contributed by atoms with Crippen molar-refractivity contribution in [1.29, 1.82) is 0 Å². The van der Waals surface area contributed by atoms with Gasteiger partial charge in [-0.2, -0.15) is 5.06 Å². The van der Waals surface area contributed by atoms with Crippen molar-refractivity contribution in [3.8, 4) is 11.1 Å². The first kappa shape index (κ1) is 30.5. The van der Waals surface area contributed by atoms with Gasteiger partial charge >= 0.3 is 6.03 Å². The summed E-state index contributed by atoms with van der Waals surface area (Å²) >= 11 is 0. The topological polar surface area (TPSA) is 114 Å². The zero-order valence-electron chi connectivity index (χ0n) is 25.6. The van der Waals surface area contributed by atoms with Gasteiger partial charge in [-0.3, -0.25) is 9.63 Å². The first-order chi connectivity index (χ1) is 19.9. The van der Waals surface area contributed by atoms with Crippen molar-refractivity contribution in [2.75, 3.05) is 26.0 Å². The first-order valence-corrected chi connectivity index (χ1v) is 15.1. The van der Waals surface area contributed by atoms with Gasteiger partial charge in [0.05, 0.1) is 19.3 Å². The lowest BCUT2D eigenvalue weighted by Crippen LogP contribution is -2.62. The number of aliphatic hydroxyl groups is 2. The van der Waals surface area contributed by atoms with E-state index in [9.17, 15) is 19.8 Å².